The van der Waals surface area contributed by atoms with E-state index in [0.717, 1.165) is 39.2 Å². The standard InChI is InChI=1S/C70H67N4O.Pt/c1-67(2,3)50-34-35-71-65(42-50)74-61-33-30-48(46-22-15-13-16-23-46)38-60(61)57-32-31-56(44-64(57)74)75-55-27-21-26-54(43-55)72-45-73(63-29-20-19-28-62(63)72)66-58(47-24-17-14-18-25-47)40-53(70(10,11)12)41-59(66)49-36-51(68(4,5)6)39-52(37-49)69(7,8)9;/h13-42,45H,1-12H3;/q-3;/i13D,14D,15D,16D,17D,18D,22D,23D,24D,25D,34D,35D,42D;. The fraction of sp³-hybridized carbons (Fsp3) is 0.229. The van der Waals surface area contributed by atoms with Crippen LogP contribution in [0.25, 0.3) is 61.0 Å². The second-order valence-corrected chi connectivity index (χ2v) is 23.4. The number of hydrogen-bond acceptors (Lipinski definition) is 4. The van der Waals surface area contributed by atoms with Crippen LogP contribution in [0.2, 0.25) is 0 Å². The largest absolute Gasteiger partial charge is 0.509 e. The first kappa shape index (κ1) is 38.4. The van der Waals surface area contributed by atoms with Gasteiger partial charge in [-0.3, -0.25) is 0 Å². The molecule has 6 heteroatoms. The minimum absolute atomic E-state index is 0. The van der Waals surface area contributed by atoms with Crippen LogP contribution in [0.5, 0.6) is 11.5 Å². The summed E-state index contributed by atoms with van der Waals surface area (Å²) in [6.45, 7) is 27.0. The van der Waals surface area contributed by atoms with E-state index in [4.69, 9.17) is 18.4 Å². The van der Waals surface area contributed by atoms with Crippen molar-refractivity contribution < 1.29 is 43.6 Å². The van der Waals surface area contributed by atoms with E-state index in [9.17, 15) is 4.11 Å². The van der Waals surface area contributed by atoms with Crippen LogP contribution < -0.4 is 14.5 Å². The first-order valence-electron chi connectivity index (χ1n) is 31.8. The maximum absolute atomic E-state index is 9.58. The number of anilines is 4. The molecule has 0 unspecified atom stereocenters. The Morgan fingerprint density at radius 3 is 1.71 bits per heavy atom. The van der Waals surface area contributed by atoms with Gasteiger partial charge in [0.05, 0.1) is 17.8 Å². The number of nitrogens with zero attached hydrogens (tertiary/aromatic N) is 4. The molecule has 0 spiro atoms. The summed E-state index contributed by atoms with van der Waals surface area (Å²) in [5.74, 6) is 0.611. The molecule has 3 heterocycles. The zero-order chi connectivity index (χ0) is 63.9. The van der Waals surface area contributed by atoms with Crippen LogP contribution >= 0.6 is 0 Å². The quantitative estimate of drug-likeness (QED) is 0.142. The fourth-order valence-electron chi connectivity index (χ4n) is 9.55. The minimum Gasteiger partial charge on any atom is -0.509 e. The Labute approximate surface area is 483 Å². The number of ether oxygens (including phenoxy) is 1. The summed E-state index contributed by atoms with van der Waals surface area (Å²) < 4.78 is 124. The van der Waals surface area contributed by atoms with Crippen LogP contribution in [0.1, 0.15) is 123 Å². The van der Waals surface area contributed by atoms with Crippen molar-refractivity contribution in [1.82, 2.24) is 9.55 Å². The summed E-state index contributed by atoms with van der Waals surface area (Å²) in [7, 11) is 0. The second-order valence-electron chi connectivity index (χ2n) is 23.4. The Morgan fingerprint density at radius 2 is 1.08 bits per heavy atom. The summed E-state index contributed by atoms with van der Waals surface area (Å²) >= 11 is 0. The molecule has 386 valence electrons. The molecular formula is C70H67N4OPt-3. The molecule has 1 aliphatic heterocycles. The monoisotopic (exact) mass is 1190 g/mol. The van der Waals surface area contributed by atoms with Crippen molar-refractivity contribution >= 4 is 44.6 Å². The average Bonchev–Trinajstić information content (AvgIpc) is 1.71. The Balaban J connectivity index is 0.00000873. The van der Waals surface area contributed by atoms with Crippen molar-refractivity contribution in [3.63, 3.8) is 0 Å². The number of fused-ring (bicyclic) bond motifs is 4. The molecule has 10 aromatic rings. The predicted molar refractivity (Wildman–Crippen MR) is 315 cm³/mol. The van der Waals surface area contributed by atoms with Crippen molar-refractivity contribution in [1.29, 1.82) is 0 Å². The zero-order valence-corrected chi connectivity index (χ0v) is 47.2. The van der Waals surface area contributed by atoms with Gasteiger partial charge in [0.15, 0.2) is 0 Å². The number of para-hydroxylation sites is 2. The summed E-state index contributed by atoms with van der Waals surface area (Å²) in [5.41, 5.74) is 7.95. The summed E-state index contributed by atoms with van der Waals surface area (Å²) in [6.07, 6.45) is -0.327. The minimum atomic E-state index is -0.724. The van der Waals surface area contributed by atoms with Crippen molar-refractivity contribution in [3.05, 3.63) is 223 Å². The van der Waals surface area contributed by atoms with Crippen molar-refractivity contribution in [2.24, 2.45) is 0 Å². The molecule has 0 saturated heterocycles. The van der Waals surface area contributed by atoms with Crippen molar-refractivity contribution in [2.45, 2.75) is 105 Å². The van der Waals surface area contributed by atoms with E-state index in [-0.39, 0.29) is 97.0 Å². The van der Waals surface area contributed by atoms with E-state index in [1.54, 1.807) is 34.9 Å². The molecule has 0 N–H and O–H groups in total. The molecule has 8 aromatic carbocycles. The Kier molecular flexibility index (Phi) is 9.96. The molecule has 0 saturated carbocycles. The van der Waals surface area contributed by atoms with Gasteiger partial charge in [0.1, 0.15) is 5.82 Å². The molecule has 0 fully saturated rings. The first-order valence-corrected chi connectivity index (χ1v) is 25.3. The number of aromatic nitrogens is 2. The molecule has 0 atom stereocenters. The van der Waals surface area contributed by atoms with E-state index in [1.165, 1.54) is 0 Å². The van der Waals surface area contributed by atoms with Gasteiger partial charge in [-0.2, -0.15) is 12.1 Å². The van der Waals surface area contributed by atoms with E-state index in [2.05, 4.69) is 104 Å². The SMILES string of the molecule is [2H]c1nc(-n2c3[c-]c(Oc4[c-]c(N5[CH-]N(c6c(-c7cc(C(C)(C)C)cc(C(C)(C)C)c7)cc(C(C)(C)C)cc6-c6c([2H])c([2H])c([2H])c([2H])c6[2H])c6ccccc65)ccc4)ccc3c3cc(-c4c([2H])c([2H])c([2H])c([2H])c4[2H])ccc32)c([2H])c(C(C)(C)C)c1[2H].[Pt]. The van der Waals surface area contributed by atoms with Crippen LogP contribution in [0.3, 0.4) is 0 Å². The smallest absolute Gasteiger partial charge is 0.135 e. The predicted octanol–water partition coefficient (Wildman–Crippen LogP) is 19.2. The first-order chi connectivity index (χ1) is 41.1. The van der Waals surface area contributed by atoms with Gasteiger partial charge >= 0.3 is 0 Å². The molecule has 0 amide bonds. The van der Waals surface area contributed by atoms with Gasteiger partial charge < -0.3 is 19.1 Å². The molecular weight excluding hydrogens is 1110 g/mol. The normalized spacial score (nSPS) is 15.4. The zero-order valence-electron chi connectivity index (χ0n) is 57.9. The van der Waals surface area contributed by atoms with Crippen LogP contribution in [0, 0.1) is 18.8 Å². The van der Waals surface area contributed by atoms with E-state index >= 15 is 0 Å². The molecule has 1 aliphatic rings. The fourth-order valence-corrected chi connectivity index (χ4v) is 9.55. The second kappa shape index (κ2) is 19.7. The third kappa shape index (κ3) is 10.0. The molecule has 0 bridgehead atoms. The molecule has 2 aromatic heterocycles. The van der Waals surface area contributed by atoms with Crippen molar-refractivity contribution in [3.8, 4) is 50.7 Å². The summed E-state index contributed by atoms with van der Waals surface area (Å²) in [5, 5.41) is 1.17. The molecule has 76 heavy (non-hydrogen) atoms. The molecule has 5 nitrogen and oxygen atoms in total. The molecule has 11 rings (SSSR count). The maximum Gasteiger partial charge on any atom is 0.135 e. The number of rotatable bonds is 8. The summed E-state index contributed by atoms with van der Waals surface area (Å²) in [4.78, 5) is 8.56. The summed E-state index contributed by atoms with van der Waals surface area (Å²) in [6, 6.07) is 35.3. The van der Waals surface area contributed by atoms with Crippen LogP contribution in [-0.2, 0) is 42.7 Å². The Morgan fingerprint density at radius 1 is 0.500 bits per heavy atom. The number of pyridine rings is 1. The topological polar surface area (TPSA) is 33.5 Å². The van der Waals surface area contributed by atoms with Gasteiger partial charge in [-0.05, 0) is 114 Å². The number of hydrogen-bond donors (Lipinski definition) is 0. The van der Waals surface area contributed by atoms with E-state index in [1.807, 2.05) is 85.8 Å². The third-order valence-electron chi connectivity index (χ3n) is 13.8. The third-order valence-corrected chi connectivity index (χ3v) is 13.8. The Bertz CT molecular complexity index is 4480. The molecule has 0 radical (unpaired) electrons. The van der Waals surface area contributed by atoms with Crippen molar-refractivity contribution in [2.75, 3.05) is 9.80 Å². The number of benzene rings is 8. The van der Waals surface area contributed by atoms with Gasteiger partial charge in [-0.25, -0.2) is 4.98 Å². The van der Waals surface area contributed by atoms with Gasteiger partial charge in [-0.15, -0.1) is 48.1 Å². The Hall–Kier alpha value is -7.20. The molecule has 0 aliphatic carbocycles. The van der Waals surface area contributed by atoms with Crippen LogP contribution in [0.15, 0.2) is 182 Å². The van der Waals surface area contributed by atoms with Crippen LogP contribution in [0.4, 0.5) is 22.7 Å². The van der Waals surface area contributed by atoms with E-state index in [0.29, 0.717) is 55.6 Å². The van der Waals surface area contributed by atoms with Gasteiger partial charge in [0.25, 0.3) is 0 Å². The van der Waals surface area contributed by atoms with Gasteiger partial charge in [-0.1, -0.05) is 191 Å². The average molecular weight is 1190 g/mol. The van der Waals surface area contributed by atoms with E-state index < -0.39 is 47.1 Å². The van der Waals surface area contributed by atoms with Gasteiger partial charge in [0.2, 0.25) is 0 Å². The maximum atomic E-state index is 9.58. The van der Waals surface area contributed by atoms with Crippen LogP contribution in [-0.4, -0.2) is 9.55 Å². The van der Waals surface area contributed by atoms with Gasteiger partial charge in [0, 0.05) is 72.4 Å².